The van der Waals surface area contributed by atoms with Crippen LogP contribution in [0, 0.1) is 0 Å². The average Bonchev–Trinajstić information content (AvgIpc) is 2.76. The molecule has 0 radical (unpaired) electrons. The van der Waals surface area contributed by atoms with Crippen LogP contribution in [0.15, 0.2) is 12.4 Å². The van der Waals surface area contributed by atoms with Gasteiger partial charge in [-0.1, -0.05) is 12.8 Å². The molecule has 0 spiro atoms. The normalized spacial score (nSPS) is 16.3. The zero-order valence-electron chi connectivity index (χ0n) is 9.94. The molecule has 0 amide bonds. The maximum absolute atomic E-state index is 5.47. The minimum absolute atomic E-state index is 0.834. The molecule has 1 aliphatic heterocycles. The van der Waals surface area contributed by atoms with Gasteiger partial charge in [0.05, 0.1) is 6.54 Å². The summed E-state index contributed by atoms with van der Waals surface area (Å²) in [4.78, 5) is 6.87. The molecule has 0 aliphatic carbocycles. The maximum Gasteiger partial charge on any atom is 0.122 e. The van der Waals surface area contributed by atoms with Crippen molar-refractivity contribution in [3.8, 4) is 0 Å². The van der Waals surface area contributed by atoms with E-state index in [0.29, 0.717) is 0 Å². The van der Waals surface area contributed by atoms with E-state index in [0.717, 1.165) is 19.6 Å². The third-order valence-corrected chi connectivity index (χ3v) is 3.25. The van der Waals surface area contributed by atoms with Crippen molar-refractivity contribution in [2.75, 3.05) is 19.6 Å². The van der Waals surface area contributed by atoms with Gasteiger partial charge in [-0.3, -0.25) is 4.90 Å². The van der Waals surface area contributed by atoms with E-state index in [-0.39, 0.29) is 0 Å². The Morgan fingerprint density at radius 2 is 2.06 bits per heavy atom. The second kappa shape index (κ2) is 6.01. The van der Waals surface area contributed by atoms with E-state index in [4.69, 9.17) is 5.73 Å². The van der Waals surface area contributed by atoms with Gasteiger partial charge < -0.3 is 10.3 Å². The van der Waals surface area contributed by atoms with Gasteiger partial charge in [-0.25, -0.2) is 4.98 Å². The van der Waals surface area contributed by atoms with Crippen LogP contribution >= 0.6 is 0 Å². The second-order valence-electron chi connectivity index (χ2n) is 4.52. The smallest absolute Gasteiger partial charge is 0.122 e. The Labute approximate surface area is 97.4 Å². The maximum atomic E-state index is 5.47. The van der Waals surface area contributed by atoms with Crippen molar-refractivity contribution in [3.05, 3.63) is 18.2 Å². The second-order valence-corrected chi connectivity index (χ2v) is 4.52. The minimum atomic E-state index is 0.834. The lowest BCUT2D eigenvalue weighted by Gasteiger charge is -2.27. The van der Waals surface area contributed by atoms with Gasteiger partial charge in [0.15, 0.2) is 0 Å². The molecule has 4 heteroatoms. The van der Waals surface area contributed by atoms with Crippen LogP contribution < -0.4 is 5.73 Å². The molecule has 2 heterocycles. The molecule has 1 aliphatic rings. The summed E-state index contributed by atoms with van der Waals surface area (Å²) in [6.45, 7) is 5.32. The molecule has 0 aromatic carbocycles. The van der Waals surface area contributed by atoms with Crippen molar-refractivity contribution in [3.63, 3.8) is 0 Å². The molecule has 1 aromatic heterocycles. The van der Waals surface area contributed by atoms with Gasteiger partial charge in [0, 0.05) is 25.5 Å². The van der Waals surface area contributed by atoms with Crippen molar-refractivity contribution in [2.24, 2.45) is 5.73 Å². The standard InChI is InChI=1S/C12H22N4/c13-5-3-1-2-4-7-15-9-10-16-8-6-14-12(16)11-15/h6,8H,1-5,7,9-11,13H2. The van der Waals surface area contributed by atoms with E-state index >= 15 is 0 Å². The first-order valence-electron chi connectivity index (χ1n) is 6.32. The van der Waals surface area contributed by atoms with E-state index in [2.05, 4.69) is 20.6 Å². The number of hydrogen-bond acceptors (Lipinski definition) is 3. The Hall–Kier alpha value is -0.870. The molecule has 0 atom stereocenters. The number of nitrogens with two attached hydrogens (primary N) is 1. The minimum Gasteiger partial charge on any atom is -0.333 e. The highest BCUT2D eigenvalue weighted by molar-refractivity contribution is 4.95. The molecule has 2 N–H and O–H groups in total. The van der Waals surface area contributed by atoms with Crippen LogP contribution in [-0.4, -0.2) is 34.1 Å². The first-order chi connectivity index (χ1) is 7.90. The lowest BCUT2D eigenvalue weighted by molar-refractivity contribution is 0.212. The summed E-state index contributed by atoms with van der Waals surface area (Å²) in [7, 11) is 0. The highest BCUT2D eigenvalue weighted by Crippen LogP contribution is 2.11. The number of imidazole rings is 1. The van der Waals surface area contributed by atoms with Gasteiger partial charge >= 0.3 is 0 Å². The molecule has 0 unspecified atom stereocenters. The van der Waals surface area contributed by atoms with Gasteiger partial charge in [0.2, 0.25) is 0 Å². The number of nitrogens with zero attached hydrogens (tertiary/aromatic N) is 3. The fourth-order valence-corrected chi connectivity index (χ4v) is 2.25. The van der Waals surface area contributed by atoms with Crippen LogP contribution in [-0.2, 0) is 13.1 Å². The van der Waals surface area contributed by atoms with E-state index in [1.165, 1.54) is 44.6 Å². The topological polar surface area (TPSA) is 47.1 Å². The molecule has 16 heavy (non-hydrogen) atoms. The molecular formula is C12H22N4. The predicted molar refractivity (Wildman–Crippen MR) is 65.0 cm³/mol. The molecule has 0 fully saturated rings. The summed E-state index contributed by atoms with van der Waals surface area (Å²) in [6, 6.07) is 0. The number of hydrogen-bond donors (Lipinski definition) is 1. The molecule has 0 saturated heterocycles. The van der Waals surface area contributed by atoms with E-state index in [1.54, 1.807) is 0 Å². The Kier molecular flexibility index (Phi) is 4.36. The summed E-state index contributed by atoms with van der Waals surface area (Å²) in [5.74, 6) is 1.22. The van der Waals surface area contributed by atoms with Crippen molar-refractivity contribution in [2.45, 2.75) is 38.8 Å². The summed E-state index contributed by atoms with van der Waals surface area (Å²) in [5.41, 5.74) is 5.47. The monoisotopic (exact) mass is 222 g/mol. The van der Waals surface area contributed by atoms with Crippen molar-refractivity contribution in [1.29, 1.82) is 0 Å². The largest absolute Gasteiger partial charge is 0.333 e. The fraction of sp³-hybridized carbons (Fsp3) is 0.750. The Bertz CT molecular complexity index is 308. The van der Waals surface area contributed by atoms with E-state index < -0.39 is 0 Å². The van der Waals surface area contributed by atoms with Crippen molar-refractivity contribution >= 4 is 0 Å². The summed E-state index contributed by atoms with van der Waals surface area (Å²) in [6.07, 6.45) is 9.03. The third-order valence-electron chi connectivity index (χ3n) is 3.25. The van der Waals surface area contributed by atoms with Crippen molar-refractivity contribution < 1.29 is 0 Å². The fourth-order valence-electron chi connectivity index (χ4n) is 2.25. The summed E-state index contributed by atoms with van der Waals surface area (Å²) < 4.78 is 2.25. The van der Waals surface area contributed by atoms with Crippen molar-refractivity contribution in [1.82, 2.24) is 14.5 Å². The zero-order chi connectivity index (χ0) is 11.2. The molecule has 4 nitrogen and oxygen atoms in total. The highest BCUT2D eigenvalue weighted by atomic mass is 15.2. The lowest BCUT2D eigenvalue weighted by atomic mass is 10.2. The Balaban J connectivity index is 1.65. The first-order valence-corrected chi connectivity index (χ1v) is 6.32. The molecule has 1 aromatic rings. The van der Waals surface area contributed by atoms with Gasteiger partial charge in [0.1, 0.15) is 5.82 Å². The quantitative estimate of drug-likeness (QED) is 0.736. The lowest BCUT2D eigenvalue weighted by Crippen LogP contribution is -2.34. The van der Waals surface area contributed by atoms with Crippen LogP contribution in [0.1, 0.15) is 31.5 Å². The van der Waals surface area contributed by atoms with Crippen LogP contribution in [0.25, 0.3) is 0 Å². The van der Waals surface area contributed by atoms with Crippen LogP contribution in [0.4, 0.5) is 0 Å². The molecule has 0 saturated carbocycles. The Morgan fingerprint density at radius 3 is 2.94 bits per heavy atom. The summed E-state index contributed by atoms with van der Waals surface area (Å²) in [5, 5.41) is 0. The third kappa shape index (κ3) is 3.06. The van der Waals surface area contributed by atoms with Crippen LogP contribution in [0.2, 0.25) is 0 Å². The first kappa shape index (κ1) is 11.6. The Morgan fingerprint density at radius 1 is 1.19 bits per heavy atom. The number of fused-ring (bicyclic) bond motifs is 1. The number of unbranched alkanes of at least 4 members (excludes halogenated alkanes) is 3. The average molecular weight is 222 g/mol. The van der Waals surface area contributed by atoms with Gasteiger partial charge in [-0.2, -0.15) is 0 Å². The van der Waals surface area contributed by atoms with Gasteiger partial charge in [-0.15, -0.1) is 0 Å². The SMILES string of the molecule is NCCCCCCN1CCn2ccnc2C1. The van der Waals surface area contributed by atoms with Crippen LogP contribution in [0.5, 0.6) is 0 Å². The molecular weight excluding hydrogens is 200 g/mol. The predicted octanol–water partition coefficient (Wildman–Crippen LogP) is 1.22. The summed E-state index contributed by atoms with van der Waals surface area (Å²) >= 11 is 0. The van der Waals surface area contributed by atoms with E-state index in [1.807, 2.05) is 6.20 Å². The number of aromatic nitrogens is 2. The van der Waals surface area contributed by atoms with Crippen LogP contribution in [0.3, 0.4) is 0 Å². The van der Waals surface area contributed by atoms with E-state index in [9.17, 15) is 0 Å². The molecule has 2 rings (SSSR count). The molecule has 0 bridgehead atoms. The molecule has 90 valence electrons. The zero-order valence-corrected chi connectivity index (χ0v) is 9.94. The van der Waals surface area contributed by atoms with Gasteiger partial charge in [-0.05, 0) is 25.9 Å². The highest BCUT2D eigenvalue weighted by Gasteiger charge is 2.15. The number of rotatable bonds is 6. The van der Waals surface area contributed by atoms with Gasteiger partial charge in [0.25, 0.3) is 0 Å².